The first-order chi connectivity index (χ1) is 19.9. The second-order valence-corrected chi connectivity index (χ2v) is 11.0. The lowest BCUT2D eigenvalue weighted by molar-refractivity contribution is -0.435. The molecule has 42 heavy (non-hydrogen) atoms. The number of aliphatic hydroxyl groups excluding tert-OH is 4. The van der Waals surface area contributed by atoms with Gasteiger partial charge in [0.1, 0.15) is 12.7 Å². The summed E-state index contributed by atoms with van der Waals surface area (Å²) in [6.45, 7) is 21.8. The van der Waals surface area contributed by atoms with Gasteiger partial charge in [-0.2, -0.15) is 5.06 Å². The Morgan fingerprint density at radius 3 is 1.52 bits per heavy atom. The van der Waals surface area contributed by atoms with Gasteiger partial charge in [-0.15, -0.1) is 4.99 Å². The van der Waals surface area contributed by atoms with Crippen molar-refractivity contribution in [2.75, 3.05) is 92.2 Å². The monoisotopic (exact) mass is 606 g/mol. The van der Waals surface area contributed by atoms with E-state index in [0.717, 1.165) is 29.6 Å². The Bertz CT molecular complexity index is 684. The molecule has 4 unspecified atom stereocenters. The lowest BCUT2D eigenvalue weighted by Crippen LogP contribution is -2.46. The Labute approximate surface area is 253 Å². The maximum Gasteiger partial charge on any atom is 0.112 e. The van der Waals surface area contributed by atoms with E-state index in [0.29, 0.717) is 33.0 Å². The van der Waals surface area contributed by atoms with Gasteiger partial charge in [0.15, 0.2) is 0 Å². The van der Waals surface area contributed by atoms with E-state index in [2.05, 4.69) is 26.7 Å². The SMILES string of the molecule is C=C(C)COCC(O)CN(CCN(CC(O)COCC(=C)C)OOCC(O)COCCCC)CC(O)COCC(=C)C. The Hall–Kier alpha value is -1.26. The molecule has 0 amide bonds. The zero-order chi connectivity index (χ0) is 31.8. The van der Waals surface area contributed by atoms with Crippen LogP contribution in [-0.2, 0) is 28.8 Å². The number of hydrogen-bond acceptors (Lipinski definition) is 12. The molecule has 4 N–H and O–H groups in total. The lowest BCUT2D eigenvalue weighted by Gasteiger charge is -2.30. The van der Waals surface area contributed by atoms with Crippen LogP contribution in [0.2, 0.25) is 0 Å². The summed E-state index contributed by atoms with van der Waals surface area (Å²) in [5.41, 5.74) is 2.53. The van der Waals surface area contributed by atoms with Crippen molar-refractivity contribution in [1.82, 2.24) is 9.96 Å². The van der Waals surface area contributed by atoms with Gasteiger partial charge in [-0.05, 0) is 27.2 Å². The Morgan fingerprint density at radius 2 is 1.07 bits per heavy atom. The highest BCUT2D eigenvalue weighted by Gasteiger charge is 2.20. The molecule has 12 heteroatoms. The quantitative estimate of drug-likeness (QED) is 0.0407. The molecule has 0 saturated heterocycles. The van der Waals surface area contributed by atoms with Crippen molar-refractivity contribution < 1.29 is 49.2 Å². The third-order valence-electron chi connectivity index (χ3n) is 5.37. The van der Waals surface area contributed by atoms with Gasteiger partial charge in [0.2, 0.25) is 0 Å². The average Bonchev–Trinajstić information content (AvgIpc) is 2.88. The van der Waals surface area contributed by atoms with Crippen molar-refractivity contribution in [2.45, 2.75) is 65.0 Å². The molecule has 0 aliphatic heterocycles. The summed E-state index contributed by atoms with van der Waals surface area (Å²) < 4.78 is 21.8. The van der Waals surface area contributed by atoms with Gasteiger partial charge in [-0.25, -0.2) is 4.89 Å². The highest BCUT2D eigenvalue weighted by molar-refractivity contribution is 4.88. The predicted octanol–water partition coefficient (Wildman–Crippen LogP) is 1.49. The molecule has 0 bridgehead atoms. The molecule has 0 rings (SSSR count). The maximum absolute atomic E-state index is 10.6. The molecular formula is C30H58N2O10. The van der Waals surface area contributed by atoms with Crippen molar-refractivity contribution in [3.8, 4) is 0 Å². The third kappa shape index (κ3) is 26.4. The third-order valence-corrected chi connectivity index (χ3v) is 5.37. The Kier molecular flexibility index (Phi) is 25.4. The van der Waals surface area contributed by atoms with E-state index in [1.54, 1.807) is 0 Å². The summed E-state index contributed by atoms with van der Waals surface area (Å²) in [5, 5.41) is 43.1. The topological polar surface area (TPSA) is 143 Å². The van der Waals surface area contributed by atoms with Crippen molar-refractivity contribution in [3.05, 3.63) is 36.5 Å². The van der Waals surface area contributed by atoms with Crippen LogP contribution >= 0.6 is 0 Å². The van der Waals surface area contributed by atoms with E-state index >= 15 is 0 Å². The molecular weight excluding hydrogens is 548 g/mol. The standard InChI is InChI=1S/C30H58N2O10/c1-8-9-12-37-22-30(36)23-41-42-32(15-29(35)21-40-18-26(6)7)11-10-31(13-27(33)19-38-16-24(2)3)14-28(34)20-39-17-25(4)5/h27-30,33-36H,2,4,6,8-23H2,1,3,5,7H3. The minimum absolute atomic E-state index is 0.0433. The summed E-state index contributed by atoms with van der Waals surface area (Å²) in [6, 6.07) is 0. The number of hydrogen-bond donors (Lipinski definition) is 4. The molecule has 0 aromatic carbocycles. The van der Waals surface area contributed by atoms with E-state index < -0.39 is 24.4 Å². The fourth-order valence-electron chi connectivity index (χ4n) is 3.46. The molecule has 0 aromatic rings. The summed E-state index contributed by atoms with van der Waals surface area (Å²) in [7, 11) is 0. The summed E-state index contributed by atoms with van der Waals surface area (Å²) in [6.07, 6.45) is -1.51. The van der Waals surface area contributed by atoms with E-state index in [1.165, 1.54) is 5.06 Å². The molecule has 0 fully saturated rings. The number of hydroxylamine groups is 2. The molecule has 0 radical (unpaired) electrons. The van der Waals surface area contributed by atoms with Crippen LogP contribution in [0.5, 0.6) is 0 Å². The molecule has 12 nitrogen and oxygen atoms in total. The number of nitrogens with zero attached hydrogens (tertiary/aromatic N) is 2. The van der Waals surface area contributed by atoms with E-state index in [9.17, 15) is 20.4 Å². The molecule has 0 aromatic heterocycles. The van der Waals surface area contributed by atoms with Gasteiger partial charge in [0.05, 0.1) is 71.1 Å². The van der Waals surface area contributed by atoms with E-state index in [4.69, 9.17) is 28.8 Å². The van der Waals surface area contributed by atoms with Crippen LogP contribution < -0.4 is 0 Å². The molecule has 0 aliphatic rings. The van der Waals surface area contributed by atoms with Crippen molar-refractivity contribution in [1.29, 1.82) is 0 Å². The Balaban J connectivity index is 5.18. The minimum atomic E-state index is -0.897. The molecule has 0 saturated carbocycles. The van der Waals surface area contributed by atoms with Crippen LogP contribution in [0.4, 0.5) is 0 Å². The van der Waals surface area contributed by atoms with Gasteiger partial charge in [0.25, 0.3) is 0 Å². The number of ether oxygens (including phenoxy) is 4. The second-order valence-electron chi connectivity index (χ2n) is 11.0. The van der Waals surface area contributed by atoms with Crippen LogP contribution in [0.25, 0.3) is 0 Å². The van der Waals surface area contributed by atoms with E-state index in [-0.39, 0.29) is 59.2 Å². The first kappa shape index (κ1) is 40.7. The smallest absolute Gasteiger partial charge is 0.112 e. The van der Waals surface area contributed by atoms with Crippen LogP contribution in [0.1, 0.15) is 40.5 Å². The molecule has 0 heterocycles. The molecule has 4 atom stereocenters. The van der Waals surface area contributed by atoms with E-state index in [1.807, 2.05) is 25.7 Å². The average molecular weight is 607 g/mol. The van der Waals surface area contributed by atoms with Crippen LogP contribution in [0, 0.1) is 0 Å². The van der Waals surface area contributed by atoms with Gasteiger partial charge in [-0.3, -0.25) is 4.90 Å². The zero-order valence-electron chi connectivity index (χ0n) is 26.4. The number of rotatable bonds is 30. The number of aliphatic hydroxyl groups is 4. The zero-order valence-corrected chi connectivity index (χ0v) is 26.4. The van der Waals surface area contributed by atoms with Crippen LogP contribution in [0.15, 0.2) is 36.5 Å². The fraction of sp³-hybridized carbons (Fsp3) is 0.800. The highest BCUT2D eigenvalue weighted by Crippen LogP contribution is 2.05. The Morgan fingerprint density at radius 1 is 0.619 bits per heavy atom. The first-order valence-electron chi connectivity index (χ1n) is 14.7. The fourth-order valence-corrected chi connectivity index (χ4v) is 3.46. The van der Waals surface area contributed by atoms with Gasteiger partial charge in [0, 0.05) is 32.8 Å². The summed E-state index contributed by atoms with van der Waals surface area (Å²) >= 11 is 0. The lowest BCUT2D eigenvalue weighted by atomic mass is 10.2. The van der Waals surface area contributed by atoms with Crippen molar-refractivity contribution in [2.24, 2.45) is 0 Å². The van der Waals surface area contributed by atoms with Crippen molar-refractivity contribution in [3.63, 3.8) is 0 Å². The summed E-state index contributed by atoms with van der Waals surface area (Å²) in [4.78, 5) is 12.6. The molecule has 0 aliphatic carbocycles. The minimum Gasteiger partial charge on any atom is -0.389 e. The predicted molar refractivity (Wildman–Crippen MR) is 162 cm³/mol. The molecule has 248 valence electrons. The number of unbranched alkanes of at least 4 members (excludes halogenated alkanes) is 1. The van der Waals surface area contributed by atoms with Crippen LogP contribution in [-0.4, -0.2) is 147 Å². The van der Waals surface area contributed by atoms with Crippen molar-refractivity contribution >= 4 is 0 Å². The van der Waals surface area contributed by atoms with Gasteiger partial charge >= 0.3 is 0 Å². The normalized spacial score (nSPS) is 14.7. The van der Waals surface area contributed by atoms with Gasteiger partial charge < -0.3 is 39.4 Å². The second kappa shape index (κ2) is 26.2. The largest absolute Gasteiger partial charge is 0.389 e. The first-order valence-corrected chi connectivity index (χ1v) is 14.7. The molecule has 0 spiro atoms. The van der Waals surface area contributed by atoms with Crippen LogP contribution in [0.3, 0.4) is 0 Å². The van der Waals surface area contributed by atoms with Gasteiger partial charge in [-0.1, -0.05) is 49.8 Å². The summed E-state index contributed by atoms with van der Waals surface area (Å²) in [5.74, 6) is 0. The highest BCUT2D eigenvalue weighted by atomic mass is 17.3. The maximum atomic E-state index is 10.6.